The van der Waals surface area contributed by atoms with Crippen molar-refractivity contribution in [1.82, 2.24) is 4.57 Å². The van der Waals surface area contributed by atoms with Gasteiger partial charge in [-0.2, -0.15) is 0 Å². The molecule has 0 aliphatic rings. The van der Waals surface area contributed by atoms with Crippen LogP contribution in [0.25, 0.3) is 0 Å². The van der Waals surface area contributed by atoms with Gasteiger partial charge in [0.1, 0.15) is 5.69 Å². The Morgan fingerprint density at radius 3 is 2.90 bits per heavy atom. The number of nitrogens with two attached hydrogens (primary N) is 1. The van der Waals surface area contributed by atoms with Crippen LogP contribution in [-0.4, -0.2) is 10.5 Å². The maximum absolute atomic E-state index is 12.4. The Kier molecular flexibility index (Phi) is 4.49. The molecule has 0 aliphatic heterocycles. The summed E-state index contributed by atoms with van der Waals surface area (Å²) in [6.07, 6.45) is 2.74. The third kappa shape index (κ3) is 3.04. The van der Waals surface area contributed by atoms with Gasteiger partial charge in [-0.3, -0.25) is 4.79 Å². The first kappa shape index (κ1) is 14.7. The van der Waals surface area contributed by atoms with Crippen molar-refractivity contribution < 1.29 is 4.79 Å². The van der Waals surface area contributed by atoms with Crippen LogP contribution in [0.2, 0.25) is 0 Å². The third-order valence-electron chi connectivity index (χ3n) is 3.05. The normalized spacial score (nSPS) is 10.6. The summed E-state index contributed by atoms with van der Waals surface area (Å²) in [5, 5.41) is 2.92. The van der Waals surface area contributed by atoms with Gasteiger partial charge in [-0.05, 0) is 47.0 Å². The Morgan fingerprint density at radius 1 is 1.45 bits per heavy atom. The maximum atomic E-state index is 12.4. The Labute approximate surface area is 127 Å². The molecule has 2 aromatic rings. The van der Waals surface area contributed by atoms with E-state index in [2.05, 4.69) is 28.2 Å². The second-order valence-electron chi connectivity index (χ2n) is 4.74. The van der Waals surface area contributed by atoms with Crippen molar-refractivity contribution in [2.24, 2.45) is 0 Å². The second kappa shape index (κ2) is 6.13. The number of aryl methyl sites for hydroxylation is 2. The standard InChI is InChI=1S/C15H18BrN3O/c1-3-7-19-9-11(17)8-13(19)15(20)18-12-6-4-5-10(2)14(12)16/h4-6,8-9H,3,7,17H2,1-2H3,(H,18,20). The van der Waals surface area contributed by atoms with E-state index in [0.29, 0.717) is 11.4 Å². The van der Waals surface area contributed by atoms with Crippen molar-refractivity contribution in [2.45, 2.75) is 26.8 Å². The highest BCUT2D eigenvalue weighted by Gasteiger charge is 2.14. The summed E-state index contributed by atoms with van der Waals surface area (Å²) in [4.78, 5) is 12.4. The Morgan fingerprint density at radius 2 is 2.20 bits per heavy atom. The van der Waals surface area contributed by atoms with Gasteiger partial charge in [0.2, 0.25) is 0 Å². The highest BCUT2D eigenvalue weighted by Crippen LogP contribution is 2.26. The zero-order valence-corrected chi connectivity index (χ0v) is 13.2. The number of nitrogen functional groups attached to an aromatic ring is 1. The molecule has 2 rings (SSSR count). The van der Waals surface area contributed by atoms with Crippen LogP contribution in [0.3, 0.4) is 0 Å². The van der Waals surface area contributed by atoms with Gasteiger partial charge in [0.05, 0.1) is 11.4 Å². The van der Waals surface area contributed by atoms with Gasteiger partial charge in [-0.25, -0.2) is 0 Å². The zero-order valence-electron chi connectivity index (χ0n) is 11.6. The lowest BCUT2D eigenvalue weighted by molar-refractivity contribution is 0.101. The second-order valence-corrected chi connectivity index (χ2v) is 5.54. The van der Waals surface area contributed by atoms with E-state index in [1.807, 2.05) is 29.7 Å². The Hall–Kier alpha value is -1.75. The number of nitrogens with one attached hydrogen (secondary N) is 1. The summed E-state index contributed by atoms with van der Waals surface area (Å²) in [6, 6.07) is 7.47. The number of rotatable bonds is 4. The van der Waals surface area contributed by atoms with Crippen LogP contribution in [0.4, 0.5) is 11.4 Å². The fourth-order valence-corrected chi connectivity index (χ4v) is 2.44. The molecule has 0 fully saturated rings. The minimum absolute atomic E-state index is 0.151. The first-order chi connectivity index (χ1) is 9.52. The zero-order chi connectivity index (χ0) is 14.7. The fourth-order valence-electron chi connectivity index (χ4n) is 2.08. The van der Waals surface area contributed by atoms with Gasteiger partial charge in [-0.15, -0.1) is 0 Å². The number of carbonyl (C=O) groups excluding carboxylic acids is 1. The number of anilines is 2. The highest BCUT2D eigenvalue weighted by molar-refractivity contribution is 9.10. The summed E-state index contributed by atoms with van der Waals surface area (Å²) < 4.78 is 2.78. The molecule has 0 saturated carbocycles. The molecule has 4 nitrogen and oxygen atoms in total. The van der Waals surface area contributed by atoms with Crippen molar-refractivity contribution >= 4 is 33.2 Å². The average Bonchev–Trinajstić information content (AvgIpc) is 2.76. The molecule has 0 atom stereocenters. The van der Waals surface area contributed by atoms with Crippen molar-refractivity contribution in [3.8, 4) is 0 Å². The van der Waals surface area contributed by atoms with E-state index < -0.39 is 0 Å². The van der Waals surface area contributed by atoms with Crippen molar-refractivity contribution in [2.75, 3.05) is 11.1 Å². The van der Waals surface area contributed by atoms with Gasteiger partial charge in [0, 0.05) is 17.2 Å². The fraction of sp³-hybridized carbons (Fsp3) is 0.267. The molecule has 0 saturated heterocycles. The van der Waals surface area contributed by atoms with Crippen molar-refractivity contribution in [3.05, 3.63) is 46.2 Å². The van der Waals surface area contributed by atoms with Crippen LogP contribution >= 0.6 is 15.9 Å². The van der Waals surface area contributed by atoms with Crippen LogP contribution in [0, 0.1) is 6.92 Å². The molecule has 0 radical (unpaired) electrons. The van der Waals surface area contributed by atoms with Crippen molar-refractivity contribution in [3.63, 3.8) is 0 Å². The largest absolute Gasteiger partial charge is 0.397 e. The van der Waals surface area contributed by atoms with E-state index in [1.54, 1.807) is 12.3 Å². The Bertz CT molecular complexity index is 634. The van der Waals surface area contributed by atoms with E-state index in [0.717, 1.165) is 28.7 Å². The third-order valence-corrected chi connectivity index (χ3v) is 4.11. The predicted octanol–water partition coefficient (Wildman–Crippen LogP) is 3.80. The number of halogens is 1. The van der Waals surface area contributed by atoms with Gasteiger partial charge >= 0.3 is 0 Å². The summed E-state index contributed by atoms with van der Waals surface area (Å²) >= 11 is 3.49. The molecule has 0 unspecified atom stereocenters. The molecular weight excluding hydrogens is 318 g/mol. The van der Waals surface area contributed by atoms with Crippen LogP contribution in [0.1, 0.15) is 29.4 Å². The summed E-state index contributed by atoms with van der Waals surface area (Å²) in [7, 11) is 0. The number of hydrogen-bond acceptors (Lipinski definition) is 2. The van der Waals surface area contributed by atoms with E-state index >= 15 is 0 Å². The lowest BCUT2D eigenvalue weighted by atomic mass is 10.2. The predicted molar refractivity (Wildman–Crippen MR) is 86.0 cm³/mol. The number of nitrogens with zero attached hydrogens (tertiary/aromatic N) is 1. The van der Waals surface area contributed by atoms with E-state index in [-0.39, 0.29) is 5.91 Å². The molecule has 0 bridgehead atoms. The number of aromatic nitrogens is 1. The van der Waals surface area contributed by atoms with E-state index in [1.165, 1.54) is 0 Å². The molecule has 0 spiro atoms. The van der Waals surface area contributed by atoms with Gasteiger partial charge < -0.3 is 15.6 Å². The summed E-state index contributed by atoms with van der Waals surface area (Å²) in [5.41, 5.74) is 8.81. The first-order valence-electron chi connectivity index (χ1n) is 6.55. The SMILES string of the molecule is CCCn1cc(N)cc1C(=O)Nc1cccc(C)c1Br. The smallest absolute Gasteiger partial charge is 0.272 e. The molecule has 20 heavy (non-hydrogen) atoms. The van der Waals surface area contributed by atoms with E-state index in [4.69, 9.17) is 5.73 Å². The highest BCUT2D eigenvalue weighted by atomic mass is 79.9. The molecule has 3 N–H and O–H groups in total. The number of hydrogen-bond donors (Lipinski definition) is 2. The number of benzene rings is 1. The van der Waals surface area contributed by atoms with Crippen molar-refractivity contribution in [1.29, 1.82) is 0 Å². The maximum Gasteiger partial charge on any atom is 0.272 e. The topological polar surface area (TPSA) is 60.0 Å². The van der Waals surface area contributed by atoms with E-state index in [9.17, 15) is 4.79 Å². The molecule has 1 aromatic heterocycles. The van der Waals surface area contributed by atoms with Crippen LogP contribution < -0.4 is 11.1 Å². The van der Waals surface area contributed by atoms with Gasteiger partial charge in [0.15, 0.2) is 0 Å². The minimum atomic E-state index is -0.151. The lowest BCUT2D eigenvalue weighted by Gasteiger charge is -2.11. The molecule has 106 valence electrons. The lowest BCUT2D eigenvalue weighted by Crippen LogP contribution is -2.17. The molecule has 0 aliphatic carbocycles. The molecular formula is C15H18BrN3O. The minimum Gasteiger partial charge on any atom is -0.397 e. The van der Waals surface area contributed by atoms with Gasteiger partial charge in [-0.1, -0.05) is 19.1 Å². The summed E-state index contributed by atoms with van der Waals surface area (Å²) in [6.45, 7) is 4.82. The summed E-state index contributed by atoms with van der Waals surface area (Å²) in [5.74, 6) is -0.151. The number of amides is 1. The van der Waals surface area contributed by atoms with Gasteiger partial charge in [0.25, 0.3) is 5.91 Å². The first-order valence-corrected chi connectivity index (χ1v) is 7.34. The van der Waals surface area contributed by atoms with Crippen LogP contribution in [0.15, 0.2) is 34.9 Å². The van der Waals surface area contributed by atoms with Crippen LogP contribution in [0.5, 0.6) is 0 Å². The number of carbonyl (C=O) groups is 1. The van der Waals surface area contributed by atoms with Crippen LogP contribution in [-0.2, 0) is 6.54 Å². The molecule has 1 heterocycles. The Balaban J connectivity index is 2.26. The molecule has 5 heteroatoms. The molecule has 1 amide bonds. The quantitative estimate of drug-likeness (QED) is 0.892. The average molecular weight is 336 g/mol. The molecule has 1 aromatic carbocycles. The monoisotopic (exact) mass is 335 g/mol.